The molecule has 0 atom stereocenters. The first kappa shape index (κ1) is 23.5. The van der Waals surface area contributed by atoms with Crippen molar-refractivity contribution in [3.05, 3.63) is 0 Å². The summed E-state index contributed by atoms with van der Waals surface area (Å²) < 4.78 is 4.93. The molecule has 120 valence electrons. The van der Waals surface area contributed by atoms with E-state index in [-0.39, 0.29) is 17.8 Å². The van der Waals surface area contributed by atoms with Gasteiger partial charge in [0.15, 0.2) is 0 Å². The van der Waals surface area contributed by atoms with Gasteiger partial charge in [0.2, 0.25) is 0 Å². The molecular weight excluding hydrogens is 264 g/mol. The molecule has 0 aromatic heterocycles. The van der Waals surface area contributed by atoms with Crippen molar-refractivity contribution >= 4 is 17.9 Å². The fourth-order valence-electron chi connectivity index (χ4n) is 0.415. The number of carbonyl (C=O) groups is 3. The Labute approximate surface area is 121 Å². The van der Waals surface area contributed by atoms with E-state index < -0.39 is 11.9 Å². The third kappa shape index (κ3) is 29.9. The first-order valence-corrected chi connectivity index (χ1v) is 6.50. The topological polar surface area (TPSA) is 101 Å². The van der Waals surface area contributed by atoms with Crippen LogP contribution in [0.25, 0.3) is 0 Å². The Bertz CT molecular complexity index is 277. The maximum absolute atomic E-state index is 10.8. The average Bonchev–Trinajstić information content (AvgIpc) is 2.25. The third-order valence-corrected chi connectivity index (χ3v) is 1.52. The van der Waals surface area contributed by atoms with Gasteiger partial charge in [-0.1, -0.05) is 41.5 Å². The average molecular weight is 292 g/mol. The number of aliphatic carboxylic acids is 2. The molecule has 0 radical (unpaired) electrons. The van der Waals surface area contributed by atoms with Gasteiger partial charge in [-0.25, -0.2) is 0 Å². The molecule has 6 nitrogen and oxygen atoms in total. The Balaban J connectivity index is -0.000000246. The fourth-order valence-corrected chi connectivity index (χ4v) is 0.415. The largest absolute Gasteiger partial charge is 0.481 e. The molecule has 0 aliphatic heterocycles. The molecule has 0 aliphatic rings. The van der Waals surface area contributed by atoms with Crippen LogP contribution in [0.15, 0.2) is 0 Å². The van der Waals surface area contributed by atoms with Crippen molar-refractivity contribution in [1.29, 1.82) is 0 Å². The molecule has 0 spiro atoms. The van der Waals surface area contributed by atoms with Crippen LogP contribution in [0, 0.1) is 17.8 Å². The van der Waals surface area contributed by atoms with Gasteiger partial charge in [-0.2, -0.15) is 0 Å². The summed E-state index contributed by atoms with van der Waals surface area (Å²) in [7, 11) is 0. The zero-order valence-corrected chi connectivity index (χ0v) is 13.5. The molecule has 0 rings (SSSR count). The molecule has 0 saturated heterocycles. The van der Waals surface area contributed by atoms with Crippen molar-refractivity contribution in [3.8, 4) is 0 Å². The normalized spacial score (nSPS) is 9.30. The molecular formula is C14H28O6. The number of esters is 1. The van der Waals surface area contributed by atoms with Crippen LogP contribution in [0.5, 0.6) is 0 Å². The van der Waals surface area contributed by atoms with Gasteiger partial charge in [0, 0.05) is 6.92 Å². The Morgan fingerprint density at radius 1 is 0.900 bits per heavy atom. The molecule has 0 fully saturated rings. The second-order valence-corrected chi connectivity index (χ2v) is 5.19. The molecule has 2 N–H and O–H groups in total. The predicted molar refractivity (Wildman–Crippen MR) is 76.4 cm³/mol. The quantitative estimate of drug-likeness (QED) is 0.772. The Morgan fingerprint density at radius 3 is 1.35 bits per heavy atom. The molecule has 0 aliphatic carbocycles. The summed E-state index contributed by atoms with van der Waals surface area (Å²) in [4.78, 5) is 29.5. The predicted octanol–water partition coefficient (Wildman–Crippen LogP) is 2.66. The monoisotopic (exact) mass is 292 g/mol. The van der Waals surface area contributed by atoms with Crippen LogP contribution in [0.2, 0.25) is 0 Å². The van der Waals surface area contributed by atoms with Crippen LogP contribution in [-0.4, -0.2) is 34.7 Å². The van der Waals surface area contributed by atoms with E-state index in [1.807, 2.05) is 27.7 Å². The van der Waals surface area contributed by atoms with Crippen LogP contribution in [0.4, 0.5) is 0 Å². The molecule has 0 aromatic carbocycles. The molecule has 0 saturated carbocycles. The summed E-state index contributed by atoms with van der Waals surface area (Å²) in [6, 6.07) is 0. The van der Waals surface area contributed by atoms with Crippen molar-refractivity contribution in [2.24, 2.45) is 17.8 Å². The summed E-state index contributed by atoms with van der Waals surface area (Å²) in [5.41, 5.74) is 0. The van der Waals surface area contributed by atoms with Crippen molar-refractivity contribution in [3.63, 3.8) is 0 Å². The Hall–Kier alpha value is -1.59. The minimum Gasteiger partial charge on any atom is -0.481 e. The van der Waals surface area contributed by atoms with Crippen LogP contribution >= 0.6 is 0 Å². The summed E-state index contributed by atoms with van der Waals surface area (Å²) >= 11 is 0. The Kier molecular flexibility index (Phi) is 16.3. The summed E-state index contributed by atoms with van der Waals surface area (Å²) in [6.07, 6.45) is 0. The number of carboxylic acid groups (broad SMARTS) is 2. The standard InChI is InChI=1S/C8H16O2.C4H8O2.C2H4O2/c1-6(2)5-10-8(9)7(3)4;1-3(2)4(5)6;1-2(3)4/h6-7H,5H2,1-4H3;3H,1-2H3,(H,5,6);1H3,(H,3,4). The van der Waals surface area contributed by atoms with E-state index in [1.165, 1.54) is 0 Å². The molecule has 0 unspecified atom stereocenters. The van der Waals surface area contributed by atoms with Gasteiger partial charge in [-0.3, -0.25) is 14.4 Å². The molecule has 0 aromatic rings. The smallest absolute Gasteiger partial charge is 0.308 e. The lowest BCUT2D eigenvalue weighted by molar-refractivity contribution is -0.148. The van der Waals surface area contributed by atoms with E-state index >= 15 is 0 Å². The molecule has 0 heterocycles. The SMILES string of the molecule is CC(=O)O.CC(C)C(=O)O.CC(C)COC(=O)C(C)C. The summed E-state index contributed by atoms with van der Waals surface area (Å²) in [5, 5.41) is 15.4. The van der Waals surface area contributed by atoms with E-state index in [0.717, 1.165) is 6.92 Å². The van der Waals surface area contributed by atoms with Gasteiger partial charge in [0.1, 0.15) is 0 Å². The lowest BCUT2D eigenvalue weighted by Gasteiger charge is -2.08. The number of carboxylic acids is 2. The second-order valence-electron chi connectivity index (χ2n) is 5.19. The van der Waals surface area contributed by atoms with Crippen molar-refractivity contribution in [2.75, 3.05) is 6.61 Å². The van der Waals surface area contributed by atoms with Crippen LogP contribution in [0.1, 0.15) is 48.5 Å². The van der Waals surface area contributed by atoms with E-state index in [4.69, 9.17) is 19.7 Å². The van der Waals surface area contributed by atoms with E-state index in [1.54, 1.807) is 13.8 Å². The first-order chi connectivity index (χ1) is 8.91. The van der Waals surface area contributed by atoms with E-state index in [2.05, 4.69) is 0 Å². The zero-order chi connectivity index (χ0) is 16.9. The molecule has 6 heteroatoms. The van der Waals surface area contributed by atoms with Gasteiger partial charge in [0.25, 0.3) is 5.97 Å². The minimum atomic E-state index is -0.833. The number of rotatable bonds is 4. The lowest BCUT2D eigenvalue weighted by Crippen LogP contribution is -2.14. The van der Waals surface area contributed by atoms with Crippen LogP contribution < -0.4 is 0 Å². The Morgan fingerprint density at radius 2 is 1.20 bits per heavy atom. The van der Waals surface area contributed by atoms with Gasteiger partial charge in [-0.15, -0.1) is 0 Å². The van der Waals surface area contributed by atoms with E-state index in [9.17, 15) is 9.59 Å². The molecule has 0 amide bonds. The van der Waals surface area contributed by atoms with Crippen molar-refractivity contribution in [2.45, 2.75) is 48.5 Å². The second kappa shape index (κ2) is 13.8. The van der Waals surface area contributed by atoms with Crippen LogP contribution in [0.3, 0.4) is 0 Å². The zero-order valence-electron chi connectivity index (χ0n) is 13.5. The van der Waals surface area contributed by atoms with Gasteiger partial charge < -0.3 is 14.9 Å². The van der Waals surface area contributed by atoms with Crippen molar-refractivity contribution < 1.29 is 29.3 Å². The highest BCUT2D eigenvalue weighted by Crippen LogP contribution is 1.99. The highest BCUT2D eigenvalue weighted by atomic mass is 16.5. The van der Waals surface area contributed by atoms with Crippen molar-refractivity contribution in [1.82, 2.24) is 0 Å². The first-order valence-electron chi connectivity index (χ1n) is 6.50. The van der Waals surface area contributed by atoms with E-state index in [0.29, 0.717) is 12.5 Å². The summed E-state index contributed by atoms with van der Waals surface area (Å²) in [6.45, 7) is 12.6. The third-order valence-electron chi connectivity index (χ3n) is 1.52. The number of carbonyl (C=O) groups excluding carboxylic acids is 1. The molecule has 0 bridgehead atoms. The number of ether oxygens (including phenoxy) is 1. The minimum absolute atomic E-state index is 0.00116. The van der Waals surface area contributed by atoms with Crippen LogP contribution in [-0.2, 0) is 19.1 Å². The van der Waals surface area contributed by atoms with Gasteiger partial charge in [-0.05, 0) is 5.92 Å². The maximum Gasteiger partial charge on any atom is 0.308 e. The molecule has 20 heavy (non-hydrogen) atoms. The lowest BCUT2D eigenvalue weighted by atomic mass is 10.2. The number of hydrogen-bond donors (Lipinski definition) is 2. The maximum atomic E-state index is 10.8. The highest BCUT2D eigenvalue weighted by molar-refractivity contribution is 5.71. The van der Waals surface area contributed by atoms with Gasteiger partial charge in [0.05, 0.1) is 18.4 Å². The number of hydrogen-bond acceptors (Lipinski definition) is 4. The fraction of sp³-hybridized carbons (Fsp3) is 0.786. The summed E-state index contributed by atoms with van der Waals surface area (Å²) in [5.74, 6) is -1.48. The van der Waals surface area contributed by atoms with Gasteiger partial charge >= 0.3 is 11.9 Å². The highest BCUT2D eigenvalue weighted by Gasteiger charge is 2.07.